The average Bonchev–Trinajstić information content (AvgIpc) is 2.95. The van der Waals surface area contributed by atoms with Gasteiger partial charge in [0, 0.05) is 0 Å². The molecule has 0 saturated heterocycles. The number of fused-ring (bicyclic) bond motifs is 1. The smallest absolute Gasteiger partial charge is 0.207 e. The van der Waals surface area contributed by atoms with Crippen molar-refractivity contribution in [1.82, 2.24) is 14.9 Å². The molecule has 2 atom stereocenters. The van der Waals surface area contributed by atoms with Crippen LogP contribution in [0.25, 0.3) is 11.0 Å². The summed E-state index contributed by atoms with van der Waals surface area (Å²) in [4.78, 5) is 15.5. The molecule has 112 valence electrons. The predicted molar refractivity (Wildman–Crippen MR) is 87.6 cm³/mol. The molecule has 0 spiro atoms. The molecule has 4 heteroatoms. The van der Waals surface area contributed by atoms with Gasteiger partial charge in [0.2, 0.25) is 6.41 Å². The number of imidazole rings is 1. The van der Waals surface area contributed by atoms with Crippen LogP contribution in [0.1, 0.15) is 37.3 Å². The Labute approximate surface area is 129 Å². The second-order valence-corrected chi connectivity index (χ2v) is 5.42. The minimum absolute atomic E-state index is 0.138. The molecule has 0 radical (unpaired) electrons. The third kappa shape index (κ3) is 2.48. The SMILES string of the molecule is C[C@@H](NC=O)c1nc2ccccc2n1[C@@H](C)c1ccccc1. The maximum absolute atomic E-state index is 10.8. The summed E-state index contributed by atoms with van der Waals surface area (Å²) in [5.74, 6) is 0.865. The molecule has 0 fully saturated rings. The van der Waals surface area contributed by atoms with Gasteiger partial charge in [-0.15, -0.1) is 0 Å². The second kappa shape index (κ2) is 6.02. The minimum atomic E-state index is -0.143. The van der Waals surface area contributed by atoms with Crippen LogP contribution in [0.4, 0.5) is 0 Å². The molecule has 1 aromatic heterocycles. The number of benzene rings is 2. The highest BCUT2D eigenvalue weighted by molar-refractivity contribution is 5.76. The van der Waals surface area contributed by atoms with Gasteiger partial charge in [0.15, 0.2) is 0 Å². The van der Waals surface area contributed by atoms with E-state index in [1.54, 1.807) is 0 Å². The van der Waals surface area contributed by atoms with Gasteiger partial charge in [0.05, 0.1) is 23.1 Å². The van der Waals surface area contributed by atoms with E-state index in [-0.39, 0.29) is 12.1 Å². The van der Waals surface area contributed by atoms with E-state index in [9.17, 15) is 4.79 Å². The monoisotopic (exact) mass is 293 g/mol. The van der Waals surface area contributed by atoms with Crippen LogP contribution in [0.2, 0.25) is 0 Å². The number of nitrogens with zero attached hydrogens (tertiary/aromatic N) is 2. The molecule has 4 nitrogen and oxygen atoms in total. The maximum Gasteiger partial charge on any atom is 0.207 e. The molecule has 0 aliphatic rings. The zero-order valence-electron chi connectivity index (χ0n) is 12.7. The molecule has 0 aliphatic heterocycles. The number of aromatic nitrogens is 2. The van der Waals surface area contributed by atoms with Gasteiger partial charge in [0.25, 0.3) is 0 Å². The fraction of sp³-hybridized carbons (Fsp3) is 0.222. The Bertz CT molecular complexity index is 779. The Morgan fingerprint density at radius 1 is 1.05 bits per heavy atom. The van der Waals surface area contributed by atoms with Crippen molar-refractivity contribution in [1.29, 1.82) is 0 Å². The highest BCUT2D eigenvalue weighted by Gasteiger charge is 2.20. The number of nitrogens with one attached hydrogen (secondary N) is 1. The van der Waals surface area contributed by atoms with Crippen LogP contribution >= 0.6 is 0 Å². The van der Waals surface area contributed by atoms with E-state index in [0.717, 1.165) is 23.3 Å². The second-order valence-electron chi connectivity index (χ2n) is 5.42. The topological polar surface area (TPSA) is 46.9 Å². The first-order valence-electron chi connectivity index (χ1n) is 7.44. The van der Waals surface area contributed by atoms with Crippen molar-refractivity contribution in [3.05, 3.63) is 66.0 Å². The van der Waals surface area contributed by atoms with Gasteiger partial charge in [-0.1, -0.05) is 42.5 Å². The van der Waals surface area contributed by atoms with E-state index >= 15 is 0 Å². The molecule has 0 bridgehead atoms. The van der Waals surface area contributed by atoms with E-state index in [1.165, 1.54) is 5.56 Å². The summed E-state index contributed by atoms with van der Waals surface area (Å²) in [6, 6.07) is 18.4. The molecule has 3 aromatic rings. The van der Waals surface area contributed by atoms with E-state index in [0.29, 0.717) is 0 Å². The molecular weight excluding hydrogens is 274 g/mol. The van der Waals surface area contributed by atoms with E-state index in [4.69, 9.17) is 4.98 Å². The first-order valence-corrected chi connectivity index (χ1v) is 7.44. The molecule has 0 aliphatic carbocycles. The summed E-state index contributed by atoms with van der Waals surface area (Å²) in [6.45, 7) is 4.10. The fourth-order valence-corrected chi connectivity index (χ4v) is 2.83. The lowest BCUT2D eigenvalue weighted by atomic mass is 10.1. The van der Waals surface area contributed by atoms with Gasteiger partial charge in [0.1, 0.15) is 5.82 Å². The lowest BCUT2D eigenvalue weighted by molar-refractivity contribution is -0.110. The van der Waals surface area contributed by atoms with Crippen molar-refractivity contribution in [3.8, 4) is 0 Å². The highest BCUT2D eigenvalue weighted by atomic mass is 16.1. The van der Waals surface area contributed by atoms with E-state index in [1.807, 2.05) is 43.3 Å². The van der Waals surface area contributed by atoms with E-state index in [2.05, 4.69) is 35.0 Å². The minimum Gasteiger partial charge on any atom is -0.349 e. The Balaban J connectivity index is 2.17. The maximum atomic E-state index is 10.8. The number of carbonyl (C=O) groups excluding carboxylic acids is 1. The van der Waals surface area contributed by atoms with Gasteiger partial charge in [-0.05, 0) is 31.5 Å². The average molecular weight is 293 g/mol. The Morgan fingerprint density at radius 3 is 2.45 bits per heavy atom. The lowest BCUT2D eigenvalue weighted by Crippen LogP contribution is -2.22. The molecule has 22 heavy (non-hydrogen) atoms. The Hall–Kier alpha value is -2.62. The van der Waals surface area contributed by atoms with E-state index < -0.39 is 0 Å². The third-order valence-electron chi connectivity index (χ3n) is 4.00. The quantitative estimate of drug-likeness (QED) is 0.732. The van der Waals surface area contributed by atoms with Crippen LogP contribution in [-0.2, 0) is 4.79 Å². The number of para-hydroxylation sites is 2. The number of hydrogen-bond acceptors (Lipinski definition) is 2. The number of amides is 1. The summed E-state index contributed by atoms with van der Waals surface area (Å²) in [6.07, 6.45) is 0.724. The number of rotatable bonds is 5. The summed E-state index contributed by atoms with van der Waals surface area (Å²) in [5, 5.41) is 2.81. The molecule has 0 saturated carbocycles. The van der Waals surface area contributed by atoms with Crippen molar-refractivity contribution >= 4 is 17.4 Å². The van der Waals surface area contributed by atoms with Gasteiger partial charge in [-0.25, -0.2) is 4.98 Å². The summed E-state index contributed by atoms with van der Waals surface area (Å²) in [7, 11) is 0. The van der Waals surface area contributed by atoms with Crippen molar-refractivity contribution in [2.45, 2.75) is 25.9 Å². The van der Waals surface area contributed by atoms with Gasteiger partial charge < -0.3 is 9.88 Å². The van der Waals surface area contributed by atoms with Crippen LogP contribution in [0, 0.1) is 0 Å². The lowest BCUT2D eigenvalue weighted by Gasteiger charge is -2.20. The van der Waals surface area contributed by atoms with Crippen molar-refractivity contribution in [3.63, 3.8) is 0 Å². The van der Waals surface area contributed by atoms with Crippen LogP contribution < -0.4 is 5.32 Å². The van der Waals surface area contributed by atoms with Crippen molar-refractivity contribution in [2.75, 3.05) is 0 Å². The number of hydrogen-bond donors (Lipinski definition) is 1. The first-order chi connectivity index (χ1) is 10.7. The van der Waals surface area contributed by atoms with Crippen LogP contribution in [0.15, 0.2) is 54.6 Å². The first kappa shape index (κ1) is 14.3. The molecular formula is C18H19N3O. The largest absolute Gasteiger partial charge is 0.349 e. The zero-order chi connectivity index (χ0) is 15.5. The molecule has 3 rings (SSSR count). The normalized spacial score (nSPS) is 13.7. The summed E-state index contributed by atoms with van der Waals surface area (Å²) in [5.41, 5.74) is 3.23. The summed E-state index contributed by atoms with van der Waals surface area (Å²) < 4.78 is 2.20. The van der Waals surface area contributed by atoms with Gasteiger partial charge in [-0.2, -0.15) is 0 Å². The number of carbonyl (C=O) groups is 1. The predicted octanol–water partition coefficient (Wildman–Crippen LogP) is 3.45. The Kier molecular flexibility index (Phi) is 3.92. The highest BCUT2D eigenvalue weighted by Crippen LogP contribution is 2.28. The van der Waals surface area contributed by atoms with Crippen LogP contribution in [0.5, 0.6) is 0 Å². The zero-order valence-corrected chi connectivity index (χ0v) is 12.7. The fourth-order valence-electron chi connectivity index (χ4n) is 2.83. The standard InChI is InChI=1S/C18H19N3O/c1-13(19-12-22)18-20-16-10-6-7-11-17(16)21(18)14(2)15-8-4-3-5-9-15/h3-14H,1-2H3,(H,19,22)/t13-,14+/m1/s1. The molecule has 1 amide bonds. The molecule has 1 N–H and O–H groups in total. The Morgan fingerprint density at radius 2 is 1.73 bits per heavy atom. The van der Waals surface area contributed by atoms with Crippen molar-refractivity contribution in [2.24, 2.45) is 0 Å². The van der Waals surface area contributed by atoms with Crippen LogP contribution in [0.3, 0.4) is 0 Å². The van der Waals surface area contributed by atoms with Crippen molar-refractivity contribution < 1.29 is 4.79 Å². The molecule has 1 heterocycles. The van der Waals surface area contributed by atoms with Gasteiger partial charge in [-0.3, -0.25) is 4.79 Å². The molecule has 2 aromatic carbocycles. The molecule has 0 unspecified atom stereocenters. The summed E-state index contributed by atoms with van der Waals surface area (Å²) >= 11 is 0. The third-order valence-corrected chi connectivity index (χ3v) is 4.00. The van der Waals surface area contributed by atoms with Gasteiger partial charge >= 0.3 is 0 Å². The van der Waals surface area contributed by atoms with Crippen LogP contribution in [-0.4, -0.2) is 16.0 Å².